The third kappa shape index (κ3) is 7.78. The maximum atomic E-state index is 12.6. The fourth-order valence-electron chi connectivity index (χ4n) is 14.8. The quantitative estimate of drug-likeness (QED) is 0.0615. The van der Waals surface area contributed by atoms with Crippen molar-refractivity contribution in [2.45, 2.75) is 25.0 Å². The van der Waals surface area contributed by atoms with Gasteiger partial charge in [0.15, 0.2) is 0 Å². The van der Waals surface area contributed by atoms with Crippen molar-refractivity contribution in [2.24, 2.45) is 0 Å². The molecule has 0 fully saturated rings. The van der Waals surface area contributed by atoms with Crippen LogP contribution < -0.4 is 16.0 Å². The van der Waals surface area contributed by atoms with Crippen LogP contribution in [0.15, 0.2) is 241 Å². The van der Waals surface area contributed by atoms with Crippen LogP contribution in [0.25, 0.3) is 149 Å². The van der Waals surface area contributed by atoms with E-state index in [2.05, 4.69) is 99.2 Å². The van der Waals surface area contributed by atoms with E-state index in [1.807, 2.05) is 152 Å². The predicted octanol–water partition coefficient (Wildman–Crippen LogP) is 14.9. The summed E-state index contributed by atoms with van der Waals surface area (Å²) >= 11 is 0. The summed E-state index contributed by atoms with van der Waals surface area (Å²) in [6.45, 7) is 0. The van der Waals surface area contributed by atoms with Crippen molar-refractivity contribution in [2.75, 3.05) is 0 Å². The molecule has 92 heavy (non-hydrogen) atoms. The van der Waals surface area contributed by atoms with E-state index in [4.69, 9.17) is 19.9 Å². The summed E-state index contributed by atoms with van der Waals surface area (Å²) in [7, 11) is 0. The minimum absolute atomic E-state index is 0.0858. The van der Waals surface area contributed by atoms with Gasteiger partial charge in [-0.15, -0.1) is 0 Å². The number of aliphatic hydroxyl groups is 2. The number of nitrogens with zero attached hydrogens (tertiary/aromatic N) is 4. The number of pyridine rings is 4. The lowest BCUT2D eigenvalue weighted by Gasteiger charge is -2.23. The Morgan fingerprint density at radius 3 is 1.60 bits per heavy atom. The number of aromatic nitrogens is 7. The molecule has 2 aliphatic heterocycles. The van der Waals surface area contributed by atoms with E-state index in [-0.39, 0.29) is 11.5 Å². The Bertz CT molecular complexity index is 6190. The average molecular weight is 1190 g/mol. The van der Waals surface area contributed by atoms with E-state index < -0.39 is 12.2 Å². The molecule has 10 heterocycles. The molecule has 8 N–H and O–H groups in total. The largest absolute Gasteiger partial charge is 0.507 e. The number of rotatable bonds is 2. The van der Waals surface area contributed by atoms with Gasteiger partial charge in [0.25, 0.3) is 0 Å². The molecule has 2 unspecified atom stereocenters. The topological polar surface area (TPSA) is 192 Å². The van der Waals surface area contributed by atoms with E-state index in [1.54, 1.807) is 0 Å². The molecular formula is C80H52N8O4. The van der Waals surface area contributed by atoms with Crippen molar-refractivity contribution in [3.05, 3.63) is 280 Å². The van der Waals surface area contributed by atoms with Crippen molar-refractivity contribution >= 4 is 137 Å². The van der Waals surface area contributed by atoms with Crippen LogP contribution in [0.2, 0.25) is 0 Å². The number of allylic oxidation sites excluding steroid dienone is 7. The van der Waals surface area contributed by atoms with Crippen LogP contribution in [0.1, 0.15) is 34.5 Å². The molecule has 24 bridgehead atoms. The van der Waals surface area contributed by atoms with E-state index in [9.17, 15) is 20.4 Å². The highest BCUT2D eigenvalue weighted by Gasteiger charge is 2.30. The molecule has 6 aromatic carbocycles. The number of aromatic amines is 3. The number of hydrogen-bond donors (Lipinski definition) is 8. The number of fused-ring (bicyclic) bond motifs is 28. The first-order valence-electron chi connectivity index (χ1n) is 30.9. The van der Waals surface area contributed by atoms with Crippen molar-refractivity contribution in [3.63, 3.8) is 0 Å². The molecule has 0 amide bonds. The van der Waals surface area contributed by atoms with Crippen LogP contribution in [0.4, 0.5) is 0 Å². The maximum Gasteiger partial charge on any atom is 0.134 e. The Balaban J connectivity index is 0.890. The Labute approximate surface area is 523 Å². The van der Waals surface area contributed by atoms with Gasteiger partial charge in [0.1, 0.15) is 23.7 Å². The third-order valence-electron chi connectivity index (χ3n) is 19.3. The summed E-state index contributed by atoms with van der Waals surface area (Å²) in [6, 6.07) is 59.3. The second kappa shape index (κ2) is 19.8. The van der Waals surface area contributed by atoms with Gasteiger partial charge in [-0.25, -0.2) is 19.9 Å². The van der Waals surface area contributed by atoms with E-state index >= 15 is 0 Å². The highest BCUT2D eigenvalue weighted by atomic mass is 16.3. The van der Waals surface area contributed by atoms with Crippen LogP contribution in [0.3, 0.4) is 0 Å². The van der Waals surface area contributed by atoms with E-state index in [0.717, 1.165) is 110 Å². The molecule has 8 aromatic heterocycles. The number of phenolic OH excluding ortho intramolecular Hbond substituents is 1. The standard InChI is InChI=1S/C80H52N8O4/c89-77-49-13-5-17-53(77)61-29-25-41-21-22-42-26-30-62(86-74(42)73(41)85-61)54-18-6-14-50(78(54)90)58-34-38-66(82-58)71(65-37-33-57(49)81-65)69-45-9-1-2-10-46(45)70(48-12-4-3-11-47(48)69)72-67-39-35-59(83-67)51-15-7-19-55(79(51)91)63-31-27-43-23-24-44-28-32-64(88-76(44)75(43)87-63)56-20-8-16-52(80(56)92)60-36-40-68(72)84-60/h1-19,21-33,35-40,77-78,81-84,89-92H,20,34H2. The molecule has 2 atom stereocenters. The zero-order valence-corrected chi connectivity index (χ0v) is 49.1. The fraction of sp³-hybridized carbons (Fsp3) is 0.0500. The number of hydrogen-bond acceptors (Lipinski definition) is 9. The first kappa shape index (κ1) is 52.0. The lowest BCUT2D eigenvalue weighted by atomic mass is 9.84. The number of H-pyrrole nitrogens is 3. The minimum Gasteiger partial charge on any atom is -0.507 e. The highest BCUT2D eigenvalue weighted by Crippen LogP contribution is 2.47. The molecule has 3 aliphatic carbocycles. The van der Waals surface area contributed by atoms with Gasteiger partial charge in [-0.2, -0.15) is 0 Å². The molecule has 0 saturated carbocycles. The lowest BCUT2D eigenvalue weighted by Crippen LogP contribution is -2.25. The molecule has 0 saturated heterocycles. The summed E-state index contributed by atoms with van der Waals surface area (Å²) in [5.74, 6) is 0.222. The first-order chi connectivity index (χ1) is 45.2. The molecule has 19 rings (SSSR count). The summed E-state index contributed by atoms with van der Waals surface area (Å²) < 4.78 is 0. The van der Waals surface area contributed by atoms with Gasteiger partial charge < -0.3 is 40.7 Å². The molecule has 14 aromatic rings. The third-order valence-corrected chi connectivity index (χ3v) is 19.3. The Kier molecular flexibility index (Phi) is 11.2. The average Bonchev–Trinajstić information content (AvgIpc) is 1.23. The summed E-state index contributed by atoms with van der Waals surface area (Å²) in [6.07, 6.45) is 17.0. The Hall–Kier alpha value is -12.0. The number of aromatic hydroxyl groups is 2. The van der Waals surface area contributed by atoms with Crippen molar-refractivity contribution in [3.8, 4) is 22.6 Å². The number of phenols is 1. The molecule has 436 valence electrons. The Morgan fingerprint density at radius 1 is 0.402 bits per heavy atom. The summed E-state index contributed by atoms with van der Waals surface area (Å²) in [4.78, 5) is 32.4. The van der Waals surface area contributed by atoms with Crippen molar-refractivity contribution < 1.29 is 20.4 Å². The summed E-state index contributed by atoms with van der Waals surface area (Å²) in [5, 5.41) is 64.2. The van der Waals surface area contributed by atoms with Gasteiger partial charge in [0.2, 0.25) is 0 Å². The second-order valence-electron chi connectivity index (χ2n) is 24.3. The molecule has 0 spiro atoms. The molecule has 12 heteroatoms. The molecule has 12 nitrogen and oxygen atoms in total. The predicted molar refractivity (Wildman–Crippen MR) is 371 cm³/mol. The van der Waals surface area contributed by atoms with Crippen molar-refractivity contribution in [1.29, 1.82) is 0 Å². The fourth-order valence-corrected chi connectivity index (χ4v) is 14.8. The van der Waals surface area contributed by atoms with Crippen LogP contribution in [-0.2, 0) is 6.42 Å². The van der Waals surface area contributed by atoms with Gasteiger partial charge in [0, 0.05) is 139 Å². The monoisotopic (exact) mass is 1190 g/mol. The first-order valence-corrected chi connectivity index (χ1v) is 30.9. The van der Waals surface area contributed by atoms with Crippen molar-refractivity contribution in [1.82, 2.24) is 40.2 Å². The molecular weight excluding hydrogens is 1140 g/mol. The Morgan fingerprint density at radius 2 is 0.924 bits per heavy atom. The maximum absolute atomic E-state index is 12.6. The van der Waals surface area contributed by atoms with Gasteiger partial charge in [0.05, 0.1) is 44.5 Å². The summed E-state index contributed by atoms with van der Waals surface area (Å²) in [5.41, 5.74) is 17.8. The second-order valence-corrected chi connectivity index (χ2v) is 24.3. The zero-order chi connectivity index (χ0) is 61.0. The van der Waals surface area contributed by atoms with Gasteiger partial charge >= 0.3 is 0 Å². The van der Waals surface area contributed by atoms with E-state index in [0.29, 0.717) is 101 Å². The number of para-hydroxylation sites is 1. The number of nitrogens with one attached hydrogen (secondary N) is 4. The van der Waals surface area contributed by atoms with Gasteiger partial charge in [-0.3, -0.25) is 0 Å². The molecule has 5 aliphatic rings. The van der Waals surface area contributed by atoms with Crippen LogP contribution in [0.5, 0.6) is 11.5 Å². The van der Waals surface area contributed by atoms with Crippen LogP contribution in [0, 0.1) is 0 Å². The smallest absolute Gasteiger partial charge is 0.134 e. The number of benzene rings is 6. The minimum atomic E-state index is -1.03. The van der Waals surface area contributed by atoms with E-state index in [1.165, 1.54) is 0 Å². The lowest BCUT2D eigenvalue weighted by molar-refractivity contribution is 0.269. The number of aliphatic hydroxyl groups excluding tert-OH is 2. The normalized spacial score (nSPS) is 16.7. The van der Waals surface area contributed by atoms with Crippen LogP contribution in [-0.4, -0.2) is 67.5 Å². The van der Waals surface area contributed by atoms with Gasteiger partial charge in [-0.1, -0.05) is 158 Å². The van der Waals surface area contributed by atoms with Gasteiger partial charge in [-0.05, 0) is 101 Å². The highest BCUT2D eigenvalue weighted by molar-refractivity contribution is 6.23. The zero-order valence-electron chi connectivity index (χ0n) is 49.1. The molecule has 0 radical (unpaired) electrons. The van der Waals surface area contributed by atoms with Crippen LogP contribution >= 0.6 is 0 Å². The SMILES string of the molecule is Oc1c2c3ccc4ccc5ccc(nc5c4n3)c3cccc(c3O)c3ccc([nH]3)c(-c3c4ccccc4c(C4=c5ccc([nH]5)=C5C=CC=C(c6ccc7ccc8ccc(nc8c7n6)C6=CC=CC(=C7CC=C4N7)C6O)C5O)c4ccccc34)c3ccc([nH]3)c1C=CC2.